The Kier molecular flexibility index (Phi) is 6.08. The van der Waals surface area contributed by atoms with Crippen molar-refractivity contribution in [3.8, 4) is 0 Å². The molecule has 8 heteroatoms. The Bertz CT molecular complexity index is 813. The van der Waals surface area contributed by atoms with Crippen LogP contribution in [0.25, 0.3) is 0 Å². The summed E-state index contributed by atoms with van der Waals surface area (Å²) in [6, 6.07) is 10.5. The second-order valence-electron chi connectivity index (χ2n) is 6.19. The molecule has 7 nitrogen and oxygen atoms in total. The predicted molar refractivity (Wildman–Crippen MR) is 103 cm³/mol. The van der Waals surface area contributed by atoms with Crippen LogP contribution in [0.4, 0.5) is 10.5 Å². The average molecular weight is 387 g/mol. The molecule has 142 valence electrons. The van der Waals surface area contributed by atoms with Crippen LogP contribution in [0, 0.1) is 0 Å². The van der Waals surface area contributed by atoms with E-state index >= 15 is 0 Å². The molecule has 0 radical (unpaired) electrons. The van der Waals surface area contributed by atoms with Gasteiger partial charge >= 0.3 is 12.0 Å². The number of nitrogens with one attached hydrogen (secondary N) is 2. The van der Waals surface area contributed by atoms with E-state index in [1.807, 2.05) is 18.2 Å². The molecule has 2 N–H and O–H groups in total. The molecule has 0 spiro atoms. The lowest BCUT2D eigenvalue weighted by molar-refractivity contribution is 0.0607. The van der Waals surface area contributed by atoms with Gasteiger partial charge in [-0.1, -0.05) is 18.2 Å². The van der Waals surface area contributed by atoms with Crippen molar-refractivity contribution in [2.75, 3.05) is 25.5 Å². The number of hydrogen-bond donors (Lipinski definition) is 2. The standard InChI is InChI=1S/C19H21N3O4S/c1-26-18(24)16-15(9-12-27-16)21-19(25)22-10-7-14(8-11-22)20-17(23)13-5-3-2-4-6-13/h2-6,9,12,14H,7-8,10-11H2,1H3,(H,20,23)(H,21,25). The number of rotatable bonds is 4. The van der Waals surface area contributed by atoms with Crippen molar-refractivity contribution in [1.29, 1.82) is 0 Å². The molecule has 2 aromatic rings. The van der Waals surface area contributed by atoms with Gasteiger partial charge in [0.05, 0.1) is 12.8 Å². The van der Waals surface area contributed by atoms with Gasteiger partial charge in [0.25, 0.3) is 5.91 Å². The van der Waals surface area contributed by atoms with Crippen LogP contribution < -0.4 is 10.6 Å². The fourth-order valence-corrected chi connectivity index (χ4v) is 3.70. The molecule has 0 bridgehead atoms. The monoisotopic (exact) mass is 387 g/mol. The fraction of sp³-hybridized carbons (Fsp3) is 0.316. The van der Waals surface area contributed by atoms with Crippen LogP contribution in [0.3, 0.4) is 0 Å². The van der Waals surface area contributed by atoms with E-state index < -0.39 is 5.97 Å². The number of methoxy groups -OCH3 is 1. The molecular formula is C19H21N3O4S. The van der Waals surface area contributed by atoms with Crippen LogP contribution in [0.15, 0.2) is 41.8 Å². The maximum Gasteiger partial charge on any atom is 0.350 e. The van der Waals surface area contributed by atoms with Gasteiger partial charge in [-0.05, 0) is 36.4 Å². The lowest BCUT2D eigenvalue weighted by atomic mass is 10.0. The summed E-state index contributed by atoms with van der Waals surface area (Å²) in [5.41, 5.74) is 1.09. The number of esters is 1. The van der Waals surface area contributed by atoms with E-state index in [1.165, 1.54) is 18.4 Å². The number of ether oxygens (including phenoxy) is 1. The predicted octanol–water partition coefficient (Wildman–Crippen LogP) is 2.96. The normalized spacial score (nSPS) is 14.5. The Morgan fingerprint density at radius 3 is 2.48 bits per heavy atom. The molecule has 2 heterocycles. The third-order valence-corrected chi connectivity index (χ3v) is 5.33. The lowest BCUT2D eigenvalue weighted by Crippen LogP contribution is -2.47. The van der Waals surface area contributed by atoms with Gasteiger partial charge in [-0.2, -0.15) is 0 Å². The second-order valence-corrected chi connectivity index (χ2v) is 7.10. The number of benzene rings is 1. The first-order chi connectivity index (χ1) is 13.1. The zero-order valence-electron chi connectivity index (χ0n) is 14.9. The third kappa shape index (κ3) is 4.65. The number of hydrogen-bond acceptors (Lipinski definition) is 5. The van der Waals surface area contributed by atoms with Crippen LogP contribution in [-0.4, -0.2) is 49.0 Å². The van der Waals surface area contributed by atoms with Gasteiger partial charge in [0.15, 0.2) is 0 Å². The molecule has 0 unspecified atom stereocenters. The Morgan fingerprint density at radius 1 is 1.11 bits per heavy atom. The van der Waals surface area contributed by atoms with Crippen LogP contribution in [-0.2, 0) is 4.74 Å². The highest BCUT2D eigenvalue weighted by molar-refractivity contribution is 7.12. The third-order valence-electron chi connectivity index (χ3n) is 4.43. The molecule has 3 amide bonds. The van der Waals surface area contributed by atoms with Gasteiger partial charge in [-0.25, -0.2) is 9.59 Å². The summed E-state index contributed by atoms with van der Waals surface area (Å²) in [4.78, 5) is 38.4. The lowest BCUT2D eigenvalue weighted by Gasteiger charge is -2.32. The van der Waals surface area contributed by atoms with E-state index in [1.54, 1.807) is 28.5 Å². The van der Waals surface area contributed by atoms with Crippen molar-refractivity contribution in [1.82, 2.24) is 10.2 Å². The highest BCUT2D eigenvalue weighted by atomic mass is 32.1. The molecule has 1 fully saturated rings. The Morgan fingerprint density at radius 2 is 1.81 bits per heavy atom. The Hall–Kier alpha value is -2.87. The van der Waals surface area contributed by atoms with Crippen molar-refractivity contribution in [2.45, 2.75) is 18.9 Å². The van der Waals surface area contributed by atoms with Crippen LogP contribution in [0.2, 0.25) is 0 Å². The van der Waals surface area contributed by atoms with Crippen molar-refractivity contribution < 1.29 is 19.1 Å². The van der Waals surface area contributed by atoms with Gasteiger partial charge in [0.2, 0.25) is 0 Å². The molecule has 1 aliphatic heterocycles. The highest BCUT2D eigenvalue weighted by Crippen LogP contribution is 2.24. The second kappa shape index (κ2) is 8.68. The zero-order valence-corrected chi connectivity index (χ0v) is 15.8. The van der Waals surface area contributed by atoms with Crippen LogP contribution in [0.5, 0.6) is 0 Å². The van der Waals surface area contributed by atoms with E-state index in [-0.39, 0.29) is 18.0 Å². The quantitative estimate of drug-likeness (QED) is 0.790. The molecule has 1 aromatic heterocycles. The van der Waals surface area contributed by atoms with E-state index in [0.717, 1.165) is 0 Å². The van der Waals surface area contributed by atoms with Crippen LogP contribution in [0.1, 0.15) is 32.9 Å². The summed E-state index contributed by atoms with van der Waals surface area (Å²) in [5.74, 6) is -0.567. The molecule has 0 atom stereocenters. The van der Waals surface area contributed by atoms with Crippen molar-refractivity contribution in [3.63, 3.8) is 0 Å². The first kappa shape index (κ1) is 18.9. The van der Waals surface area contributed by atoms with Gasteiger partial charge in [0, 0.05) is 24.7 Å². The number of nitrogens with zero attached hydrogens (tertiary/aromatic N) is 1. The van der Waals surface area contributed by atoms with E-state index in [0.29, 0.717) is 42.1 Å². The number of thiophene rings is 1. The molecule has 27 heavy (non-hydrogen) atoms. The first-order valence-electron chi connectivity index (χ1n) is 8.66. The summed E-state index contributed by atoms with van der Waals surface area (Å²) >= 11 is 1.22. The molecule has 0 aliphatic carbocycles. The molecule has 3 rings (SSSR count). The van der Waals surface area contributed by atoms with Gasteiger partial charge in [-0.15, -0.1) is 11.3 Å². The summed E-state index contributed by atoms with van der Waals surface area (Å²) in [7, 11) is 1.31. The van der Waals surface area contributed by atoms with E-state index in [9.17, 15) is 14.4 Å². The SMILES string of the molecule is COC(=O)c1sccc1NC(=O)N1CCC(NC(=O)c2ccccc2)CC1. The number of likely N-dealkylation sites (tertiary alicyclic amines) is 1. The summed E-state index contributed by atoms with van der Waals surface area (Å²) in [5, 5.41) is 7.51. The topological polar surface area (TPSA) is 87.7 Å². The van der Waals surface area contributed by atoms with E-state index in [2.05, 4.69) is 10.6 Å². The largest absolute Gasteiger partial charge is 0.465 e. The minimum atomic E-state index is -0.470. The van der Waals surface area contributed by atoms with Crippen molar-refractivity contribution in [3.05, 3.63) is 52.2 Å². The minimum Gasteiger partial charge on any atom is -0.465 e. The van der Waals surface area contributed by atoms with Crippen LogP contribution >= 0.6 is 11.3 Å². The Balaban J connectivity index is 1.50. The number of urea groups is 1. The smallest absolute Gasteiger partial charge is 0.350 e. The molecule has 1 saturated heterocycles. The summed E-state index contributed by atoms with van der Waals surface area (Å²) in [6.45, 7) is 1.06. The van der Waals surface area contributed by atoms with Gasteiger partial charge in [0.1, 0.15) is 4.88 Å². The van der Waals surface area contributed by atoms with Crippen molar-refractivity contribution in [2.24, 2.45) is 0 Å². The molecule has 1 aromatic carbocycles. The number of carbonyl (C=O) groups excluding carboxylic acids is 3. The van der Waals surface area contributed by atoms with Gasteiger partial charge < -0.3 is 20.3 Å². The number of anilines is 1. The molecule has 0 saturated carbocycles. The molecule has 1 aliphatic rings. The number of carbonyl (C=O) groups is 3. The average Bonchev–Trinajstić information content (AvgIpc) is 3.16. The summed E-state index contributed by atoms with van der Waals surface area (Å²) < 4.78 is 4.72. The van der Waals surface area contributed by atoms with E-state index in [4.69, 9.17) is 4.74 Å². The zero-order chi connectivity index (χ0) is 19.2. The number of piperidine rings is 1. The Labute approximate surface area is 161 Å². The summed E-state index contributed by atoms with van der Waals surface area (Å²) in [6.07, 6.45) is 1.36. The fourth-order valence-electron chi connectivity index (χ4n) is 2.94. The number of amides is 3. The highest BCUT2D eigenvalue weighted by Gasteiger charge is 2.25. The minimum absolute atomic E-state index is 0.0357. The van der Waals surface area contributed by atoms with Gasteiger partial charge in [-0.3, -0.25) is 4.79 Å². The molecular weight excluding hydrogens is 366 g/mol. The maximum absolute atomic E-state index is 12.5. The first-order valence-corrected chi connectivity index (χ1v) is 9.54. The maximum atomic E-state index is 12.5. The van der Waals surface area contributed by atoms with Crippen molar-refractivity contribution >= 4 is 34.9 Å².